The van der Waals surface area contributed by atoms with Gasteiger partial charge in [0, 0.05) is 12.5 Å². The van der Waals surface area contributed by atoms with Gasteiger partial charge in [0.05, 0.1) is 5.02 Å². The standard InChI is InChI=1S/C14H17ClFN/c1-3-5-6-10-13(17-4-2)11-8-7-9-12(16)14(11)15/h1,7-9,13,17H,4-6,10H2,2H3. The summed E-state index contributed by atoms with van der Waals surface area (Å²) in [5, 5.41) is 3.51. The van der Waals surface area contributed by atoms with Crippen LogP contribution in [0.15, 0.2) is 18.2 Å². The van der Waals surface area contributed by atoms with Crippen LogP contribution in [0.3, 0.4) is 0 Å². The monoisotopic (exact) mass is 253 g/mol. The van der Waals surface area contributed by atoms with E-state index in [0.717, 1.165) is 31.4 Å². The molecule has 1 aromatic rings. The number of halogens is 2. The van der Waals surface area contributed by atoms with Crippen LogP contribution in [0.1, 0.15) is 37.8 Å². The number of benzene rings is 1. The summed E-state index contributed by atoms with van der Waals surface area (Å²) in [6.45, 7) is 2.83. The van der Waals surface area contributed by atoms with Gasteiger partial charge in [-0.2, -0.15) is 0 Å². The van der Waals surface area contributed by atoms with Crippen molar-refractivity contribution in [3.63, 3.8) is 0 Å². The topological polar surface area (TPSA) is 12.0 Å². The van der Waals surface area contributed by atoms with Gasteiger partial charge in [-0.1, -0.05) is 30.7 Å². The number of hydrogen-bond donors (Lipinski definition) is 1. The summed E-state index contributed by atoms with van der Waals surface area (Å²) in [6.07, 6.45) is 7.72. The molecule has 0 heterocycles. The van der Waals surface area contributed by atoms with E-state index < -0.39 is 0 Å². The van der Waals surface area contributed by atoms with Crippen LogP contribution < -0.4 is 5.32 Å². The molecule has 0 fully saturated rings. The maximum absolute atomic E-state index is 13.4. The van der Waals surface area contributed by atoms with Crippen LogP contribution in [-0.4, -0.2) is 6.54 Å². The van der Waals surface area contributed by atoms with Crippen molar-refractivity contribution in [3.05, 3.63) is 34.6 Å². The first-order chi connectivity index (χ1) is 8.20. The highest BCUT2D eigenvalue weighted by molar-refractivity contribution is 6.31. The van der Waals surface area contributed by atoms with Crippen LogP contribution in [0.2, 0.25) is 5.02 Å². The fourth-order valence-electron chi connectivity index (χ4n) is 1.81. The van der Waals surface area contributed by atoms with Gasteiger partial charge < -0.3 is 5.32 Å². The van der Waals surface area contributed by atoms with E-state index in [-0.39, 0.29) is 16.9 Å². The van der Waals surface area contributed by atoms with E-state index in [9.17, 15) is 4.39 Å². The van der Waals surface area contributed by atoms with Crippen LogP contribution in [0.4, 0.5) is 4.39 Å². The minimum absolute atomic E-state index is 0.0662. The lowest BCUT2D eigenvalue weighted by Crippen LogP contribution is -2.21. The zero-order valence-electron chi connectivity index (χ0n) is 9.97. The molecule has 17 heavy (non-hydrogen) atoms. The molecule has 0 amide bonds. The van der Waals surface area contributed by atoms with Gasteiger partial charge in [0.15, 0.2) is 0 Å². The highest BCUT2D eigenvalue weighted by Gasteiger charge is 2.15. The average molecular weight is 254 g/mol. The van der Waals surface area contributed by atoms with E-state index in [2.05, 4.69) is 11.2 Å². The predicted octanol–water partition coefficient (Wildman–Crippen LogP) is 3.93. The molecule has 0 aromatic heterocycles. The zero-order valence-corrected chi connectivity index (χ0v) is 10.7. The third kappa shape index (κ3) is 4.03. The summed E-state index contributed by atoms with van der Waals surface area (Å²) < 4.78 is 13.4. The van der Waals surface area contributed by atoms with Gasteiger partial charge in [-0.05, 0) is 31.0 Å². The minimum Gasteiger partial charge on any atom is -0.310 e. The lowest BCUT2D eigenvalue weighted by Gasteiger charge is -2.19. The van der Waals surface area contributed by atoms with Crippen molar-refractivity contribution in [1.82, 2.24) is 5.32 Å². The van der Waals surface area contributed by atoms with Crippen LogP contribution >= 0.6 is 11.6 Å². The Bertz CT molecular complexity index is 398. The molecular formula is C14H17ClFN. The molecule has 1 aromatic carbocycles. The molecule has 3 heteroatoms. The fourth-order valence-corrected chi connectivity index (χ4v) is 2.07. The average Bonchev–Trinajstić information content (AvgIpc) is 2.32. The first-order valence-corrected chi connectivity index (χ1v) is 6.19. The molecule has 1 rings (SSSR count). The Balaban J connectivity index is 2.82. The van der Waals surface area contributed by atoms with Gasteiger partial charge >= 0.3 is 0 Å². The normalized spacial score (nSPS) is 12.1. The molecule has 1 atom stereocenters. The Morgan fingerprint density at radius 1 is 1.53 bits per heavy atom. The third-order valence-electron chi connectivity index (χ3n) is 2.62. The molecule has 1 N–H and O–H groups in total. The number of unbranched alkanes of at least 4 members (excludes halogenated alkanes) is 1. The molecule has 1 unspecified atom stereocenters. The Labute approximate surface area is 107 Å². The molecule has 0 spiro atoms. The molecule has 0 saturated carbocycles. The molecule has 0 saturated heterocycles. The largest absolute Gasteiger partial charge is 0.310 e. The summed E-state index contributed by atoms with van der Waals surface area (Å²) in [7, 11) is 0. The maximum Gasteiger partial charge on any atom is 0.142 e. The van der Waals surface area contributed by atoms with E-state index >= 15 is 0 Å². The molecule has 92 valence electrons. The van der Waals surface area contributed by atoms with E-state index in [1.807, 2.05) is 13.0 Å². The Hall–Kier alpha value is -1.04. The summed E-state index contributed by atoms with van der Waals surface area (Å²) in [4.78, 5) is 0. The Morgan fingerprint density at radius 2 is 2.29 bits per heavy atom. The SMILES string of the molecule is C#CCCCC(NCC)c1cccc(F)c1Cl. The maximum atomic E-state index is 13.4. The molecule has 0 aliphatic rings. The van der Waals surface area contributed by atoms with Gasteiger partial charge in [0.25, 0.3) is 0 Å². The first-order valence-electron chi connectivity index (χ1n) is 5.81. The molecule has 0 bridgehead atoms. The number of nitrogens with one attached hydrogen (secondary N) is 1. The van der Waals surface area contributed by atoms with Crippen molar-refractivity contribution in [2.75, 3.05) is 6.54 Å². The smallest absolute Gasteiger partial charge is 0.142 e. The molecular weight excluding hydrogens is 237 g/mol. The lowest BCUT2D eigenvalue weighted by atomic mass is 10.0. The summed E-state index contributed by atoms with van der Waals surface area (Å²) in [5.41, 5.74) is 0.811. The third-order valence-corrected chi connectivity index (χ3v) is 3.02. The van der Waals surface area contributed by atoms with Crippen molar-refractivity contribution >= 4 is 11.6 Å². The van der Waals surface area contributed by atoms with Crippen molar-refractivity contribution in [1.29, 1.82) is 0 Å². The Morgan fingerprint density at radius 3 is 2.94 bits per heavy atom. The van der Waals surface area contributed by atoms with E-state index in [1.165, 1.54) is 6.07 Å². The second-order valence-corrected chi connectivity index (χ2v) is 4.23. The summed E-state index contributed by atoms with van der Waals surface area (Å²) in [5.74, 6) is 2.24. The van der Waals surface area contributed by atoms with E-state index in [0.29, 0.717) is 0 Å². The molecule has 0 radical (unpaired) electrons. The summed E-state index contributed by atoms with van der Waals surface area (Å²) in [6, 6.07) is 4.98. The molecule has 1 nitrogen and oxygen atoms in total. The minimum atomic E-state index is -0.371. The van der Waals surface area contributed by atoms with Gasteiger partial charge in [0.2, 0.25) is 0 Å². The molecule has 0 aliphatic carbocycles. The van der Waals surface area contributed by atoms with Gasteiger partial charge in [-0.25, -0.2) is 4.39 Å². The quantitative estimate of drug-likeness (QED) is 0.598. The summed E-state index contributed by atoms with van der Waals surface area (Å²) >= 11 is 5.98. The second-order valence-electron chi connectivity index (χ2n) is 3.85. The first kappa shape index (κ1) is 14.0. The Kier molecular flexibility index (Phi) is 6.04. The number of rotatable bonds is 6. The van der Waals surface area contributed by atoms with Crippen molar-refractivity contribution in [3.8, 4) is 12.3 Å². The van der Waals surface area contributed by atoms with Gasteiger partial charge in [-0.3, -0.25) is 0 Å². The van der Waals surface area contributed by atoms with Crippen molar-refractivity contribution < 1.29 is 4.39 Å². The van der Waals surface area contributed by atoms with Gasteiger partial charge in [-0.15, -0.1) is 12.3 Å². The van der Waals surface area contributed by atoms with E-state index in [4.69, 9.17) is 18.0 Å². The number of hydrogen-bond acceptors (Lipinski definition) is 1. The fraction of sp³-hybridized carbons (Fsp3) is 0.429. The lowest BCUT2D eigenvalue weighted by molar-refractivity contribution is 0.498. The highest BCUT2D eigenvalue weighted by atomic mass is 35.5. The van der Waals surface area contributed by atoms with E-state index in [1.54, 1.807) is 6.07 Å². The van der Waals surface area contributed by atoms with Gasteiger partial charge in [0.1, 0.15) is 5.82 Å². The van der Waals surface area contributed by atoms with Crippen LogP contribution in [-0.2, 0) is 0 Å². The highest BCUT2D eigenvalue weighted by Crippen LogP contribution is 2.28. The van der Waals surface area contributed by atoms with Crippen molar-refractivity contribution in [2.45, 2.75) is 32.2 Å². The predicted molar refractivity (Wildman–Crippen MR) is 70.5 cm³/mol. The van der Waals surface area contributed by atoms with Crippen molar-refractivity contribution in [2.24, 2.45) is 0 Å². The second kappa shape index (κ2) is 7.32. The van der Waals surface area contributed by atoms with Crippen LogP contribution in [0, 0.1) is 18.2 Å². The number of terminal acetylenes is 1. The zero-order chi connectivity index (χ0) is 12.7. The van der Waals surface area contributed by atoms with Crippen LogP contribution in [0.25, 0.3) is 0 Å². The molecule has 0 aliphatic heterocycles. The van der Waals surface area contributed by atoms with Crippen LogP contribution in [0.5, 0.6) is 0 Å².